The lowest BCUT2D eigenvalue weighted by Gasteiger charge is -2.54. The fourth-order valence-electron chi connectivity index (χ4n) is 6.54. The van der Waals surface area contributed by atoms with E-state index in [0.717, 1.165) is 52.1 Å². The van der Waals surface area contributed by atoms with Crippen molar-refractivity contribution in [3.05, 3.63) is 58.1 Å². The second-order valence-corrected chi connectivity index (χ2v) is 10.3. The van der Waals surface area contributed by atoms with Crippen molar-refractivity contribution in [2.45, 2.75) is 65.1 Å². The molecule has 166 valence electrons. The fourth-order valence-corrected chi connectivity index (χ4v) is 6.76. The predicted octanol–water partition coefficient (Wildman–Crippen LogP) is 6.54. The lowest BCUT2D eigenvalue weighted by Crippen LogP contribution is -2.54. The van der Waals surface area contributed by atoms with Gasteiger partial charge in [-0.25, -0.2) is 0 Å². The molecule has 1 N–H and O–H groups in total. The highest BCUT2D eigenvalue weighted by Gasteiger charge is 2.47. The van der Waals surface area contributed by atoms with Gasteiger partial charge in [-0.05, 0) is 86.8 Å². The minimum Gasteiger partial charge on any atom is -0.490 e. The minimum absolute atomic E-state index is 0.503. The molecule has 31 heavy (non-hydrogen) atoms. The normalized spacial score (nSPS) is 28.7. The molecule has 0 atom stereocenters. The molecule has 0 unspecified atom stereocenters. The van der Waals surface area contributed by atoms with E-state index in [-0.39, 0.29) is 0 Å². The Hall–Kier alpha value is -1.71. The van der Waals surface area contributed by atoms with Crippen molar-refractivity contribution in [3.8, 4) is 11.5 Å². The summed E-state index contributed by atoms with van der Waals surface area (Å²) in [5.74, 6) is 5.21. The van der Waals surface area contributed by atoms with Gasteiger partial charge in [0, 0.05) is 23.7 Å². The minimum atomic E-state index is 0.503. The second kappa shape index (κ2) is 9.03. The van der Waals surface area contributed by atoms with Crippen LogP contribution in [0.2, 0.25) is 5.02 Å². The number of hydrogen-bond acceptors (Lipinski definition) is 3. The number of halogens is 1. The number of hydrogen-bond donors (Lipinski definition) is 1. The molecule has 3 nitrogen and oxygen atoms in total. The Morgan fingerprint density at radius 2 is 1.65 bits per heavy atom. The van der Waals surface area contributed by atoms with E-state index in [1.807, 2.05) is 13.0 Å². The number of rotatable bonds is 8. The summed E-state index contributed by atoms with van der Waals surface area (Å²) < 4.78 is 12.0. The summed E-state index contributed by atoms with van der Waals surface area (Å²) in [4.78, 5) is 0. The van der Waals surface area contributed by atoms with Crippen LogP contribution >= 0.6 is 11.6 Å². The van der Waals surface area contributed by atoms with Crippen molar-refractivity contribution in [2.75, 3.05) is 6.61 Å². The first-order valence-electron chi connectivity index (χ1n) is 12.0. The third-order valence-corrected chi connectivity index (χ3v) is 8.00. The molecule has 0 aliphatic heterocycles. The molecular weight excluding hydrogens is 406 g/mol. The summed E-state index contributed by atoms with van der Waals surface area (Å²) in [5, 5.41) is 4.64. The zero-order valence-corrected chi connectivity index (χ0v) is 19.5. The van der Waals surface area contributed by atoms with Gasteiger partial charge in [0.25, 0.3) is 0 Å². The van der Waals surface area contributed by atoms with Crippen molar-refractivity contribution in [1.82, 2.24) is 5.32 Å². The van der Waals surface area contributed by atoms with Gasteiger partial charge in [-0.3, -0.25) is 0 Å². The summed E-state index contributed by atoms with van der Waals surface area (Å²) in [5.41, 5.74) is 3.48. The molecule has 0 radical (unpaired) electrons. The predicted molar refractivity (Wildman–Crippen MR) is 126 cm³/mol. The van der Waals surface area contributed by atoms with Gasteiger partial charge in [0.1, 0.15) is 6.61 Å². The van der Waals surface area contributed by atoms with E-state index < -0.39 is 0 Å². The maximum absolute atomic E-state index is 6.70. The van der Waals surface area contributed by atoms with Crippen LogP contribution in [0.15, 0.2) is 36.4 Å². The van der Waals surface area contributed by atoms with Crippen molar-refractivity contribution < 1.29 is 9.47 Å². The van der Waals surface area contributed by atoms with E-state index in [0.29, 0.717) is 25.0 Å². The van der Waals surface area contributed by atoms with Crippen LogP contribution < -0.4 is 14.8 Å². The summed E-state index contributed by atoms with van der Waals surface area (Å²) in [6.45, 7) is 6.00. The van der Waals surface area contributed by atoms with E-state index in [1.54, 1.807) is 0 Å². The molecule has 2 aromatic rings. The summed E-state index contributed by atoms with van der Waals surface area (Å²) in [6.07, 6.45) is 7.19. The summed E-state index contributed by atoms with van der Waals surface area (Å²) >= 11 is 6.70. The first-order valence-corrected chi connectivity index (χ1v) is 12.3. The quantitative estimate of drug-likeness (QED) is 0.506. The SMILES string of the molecule is CCOc1cc(CNC2C3CC4CC(C3)CC2C4)c(Cl)cc1OCc1cccc(C)c1. The van der Waals surface area contributed by atoms with Crippen LogP contribution in [0.4, 0.5) is 0 Å². The Morgan fingerprint density at radius 1 is 0.935 bits per heavy atom. The molecule has 0 saturated heterocycles. The first kappa shape index (κ1) is 21.2. The van der Waals surface area contributed by atoms with Crippen LogP contribution in [0.25, 0.3) is 0 Å². The largest absolute Gasteiger partial charge is 0.490 e. The number of ether oxygens (including phenoxy) is 2. The average Bonchev–Trinajstić information content (AvgIpc) is 2.73. The standard InChI is InChI=1S/C27H34ClNO2/c1-3-30-25-13-23(15-29-27-21-9-19-8-20(11-21)12-22(27)10-19)24(28)14-26(25)31-16-18-6-4-5-17(2)7-18/h4-7,13-14,19-22,27,29H,3,8-12,15-16H2,1-2H3. The fraction of sp³-hybridized carbons (Fsp3) is 0.556. The Morgan fingerprint density at radius 3 is 2.32 bits per heavy atom. The lowest BCUT2D eigenvalue weighted by atomic mass is 9.54. The topological polar surface area (TPSA) is 30.5 Å². The van der Waals surface area contributed by atoms with Crippen LogP contribution in [0, 0.1) is 30.6 Å². The van der Waals surface area contributed by atoms with Gasteiger partial charge in [0.15, 0.2) is 11.5 Å². The molecule has 0 spiro atoms. The molecule has 4 bridgehead atoms. The zero-order valence-electron chi connectivity index (χ0n) is 18.7. The number of benzene rings is 2. The first-order chi connectivity index (χ1) is 15.1. The van der Waals surface area contributed by atoms with E-state index in [1.165, 1.54) is 37.7 Å². The molecule has 0 aromatic heterocycles. The molecule has 4 aliphatic carbocycles. The smallest absolute Gasteiger partial charge is 0.163 e. The molecule has 4 aliphatic rings. The van der Waals surface area contributed by atoms with Gasteiger partial charge in [-0.1, -0.05) is 41.4 Å². The third-order valence-electron chi connectivity index (χ3n) is 7.64. The van der Waals surface area contributed by atoms with Crippen molar-refractivity contribution >= 4 is 11.6 Å². The maximum atomic E-state index is 6.70. The van der Waals surface area contributed by atoms with Crippen LogP contribution in [-0.2, 0) is 13.2 Å². The van der Waals surface area contributed by atoms with Crippen LogP contribution in [-0.4, -0.2) is 12.6 Å². The van der Waals surface area contributed by atoms with Crippen LogP contribution in [0.1, 0.15) is 55.7 Å². The van der Waals surface area contributed by atoms with E-state index in [4.69, 9.17) is 21.1 Å². The molecule has 0 heterocycles. The number of aryl methyl sites for hydroxylation is 1. The van der Waals surface area contributed by atoms with Gasteiger partial charge in [0.2, 0.25) is 0 Å². The Bertz CT molecular complexity index is 899. The van der Waals surface area contributed by atoms with Crippen LogP contribution in [0.5, 0.6) is 11.5 Å². The van der Waals surface area contributed by atoms with Crippen molar-refractivity contribution in [2.24, 2.45) is 23.7 Å². The van der Waals surface area contributed by atoms with Gasteiger partial charge in [-0.2, -0.15) is 0 Å². The third kappa shape index (κ3) is 4.59. The molecule has 4 fully saturated rings. The molecule has 6 rings (SSSR count). The maximum Gasteiger partial charge on any atom is 0.163 e. The lowest BCUT2D eigenvalue weighted by molar-refractivity contribution is -0.0142. The molecular formula is C27H34ClNO2. The number of nitrogens with one attached hydrogen (secondary N) is 1. The van der Waals surface area contributed by atoms with Gasteiger partial charge in [0.05, 0.1) is 6.61 Å². The summed E-state index contributed by atoms with van der Waals surface area (Å²) in [7, 11) is 0. The van der Waals surface area contributed by atoms with E-state index in [9.17, 15) is 0 Å². The second-order valence-electron chi connectivity index (χ2n) is 9.94. The van der Waals surface area contributed by atoms with Crippen LogP contribution in [0.3, 0.4) is 0 Å². The van der Waals surface area contributed by atoms with Crippen molar-refractivity contribution in [1.29, 1.82) is 0 Å². The molecule has 4 heteroatoms. The van der Waals surface area contributed by atoms with Crippen molar-refractivity contribution in [3.63, 3.8) is 0 Å². The Balaban J connectivity index is 1.27. The molecule has 0 amide bonds. The van der Waals surface area contributed by atoms with E-state index >= 15 is 0 Å². The van der Waals surface area contributed by atoms with E-state index in [2.05, 4.69) is 42.6 Å². The highest BCUT2D eigenvalue weighted by atomic mass is 35.5. The monoisotopic (exact) mass is 439 g/mol. The zero-order chi connectivity index (χ0) is 21.4. The highest BCUT2D eigenvalue weighted by Crippen LogP contribution is 2.53. The van der Waals surface area contributed by atoms with Gasteiger partial charge >= 0.3 is 0 Å². The molecule has 2 aromatic carbocycles. The molecule has 4 saturated carbocycles. The average molecular weight is 440 g/mol. The highest BCUT2D eigenvalue weighted by molar-refractivity contribution is 6.31. The summed E-state index contributed by atoms with van der Waals surface area (Å²) in [6, 6.07) is 13.0. The Kier molecular flexibility index (Phi) is 6.16. The Labute approximate surface area is 191 Å². The van der Waals surface area contributed by atoms with Gasteiger partial charge < -0.3 is 14.8 Å². The van der Waals surface area contributed by atoms with Gasteiger partial charge in [-0.15, -0.1) is 0 Å².